The van der Waals surface area contributed by atoms with E-state index in [0.29, 0.717) is 0 Å². The van der Waals surface area contributed by atoms with E-state index in [0.717, 1.165) is 35.6 Å². The Morgan fingerprint density at radius 2 is 1.86 bits per heavy atom. The van der Waals surface area contributed by atoms with Gasteiger partial charge in [0.1, 0.15) is 0 Å². The Bertz CT molecular complexity index is 706. The first-order chi connectivity index (χ1) is 10.6. The third-order valence-corrected chi connectivity index (χ3v) is 4.35. The fourth-order valence-corrected chi connectivity index (χ4v) is 2.81. The zero-order valence-corrected chi connectivity index (χ0v) is 12.3. The van der Waals surface area contributed by atoms with Crippen molar-refractivity contribution < 1.29 is 14.7 Å². The molecule has 0 radical (unpaired) electrons. The molecule has 4 nitrogen and oxygen atoms in total. The Morgan fingerprint density at radius 3 is 2.50 bits per heavy atom. The Morgan fingerprint density at radius 1 is 1.14 bits per heavy atom. The van der Waals surface area contributed by atoms with Gasteiger partial charge < -0.3 is 10.4 Å². The van der Waals surface area contributed by atoms with Gasteiger partial charge in [0, 0.05) is 5.92 Å². The highest BCUT2D eigenvalue weighted by Crippen LogP contribution is 2.28. The first-order valence-corrected chi connectivity index (χ1v) is 7.64. The third kappa shape index (κ3) is 3.11. The quantitative estimate of drug-likeness (QED) is 0.890. The maximum absolute atomic E-state index is 12.2. The van der Waals surface area contributed by atoms with E-state index in [1.54, 1.807) is 0 Å². The average Bonchev–Trinajstić information content (AvgIpc) is 2.43. The third-order valence-electron chi connectivity index (χ3n) is 4.35. The predicted octanol–water partition coefficient (Wildman–Crippen LogP) is 3.27. The summed E-state index contributed by atoms with van der Waals surface area (Å²) in [5.74, 6) is -0.880. The van der Waals surface area contributed by atoms with E-state index in [2.05, 4.69) is 5.32 Å². The molecule has 1 aliphatic rings. The summed E-state index contributed by atoms with van der Waals surface area (Å²) in [6.45, 7) is 0. The lowest BCUT2D eigenvalue weighted by Crippen LogP contribution is -2.37. The van der Waals surface area contributed by atoms with Crippen LogP contribution in [0.25, 0.3) is 10.8 Å². The molecule has 1 atom stereocenters. The van der Waals surface area contributed by atoms with Crippen LogP contribution in [0.2, 0.25) is 0 Å². The molecule has 4 heteroatoms. The van der Waals surface area contributed by atoms with E-state index in [4.69, 9.17) is 5.11 Å². The molecule has 2 aromatic carbocycles. The molecule has 0 aromatic heterocycles. The Balaban J connectivity index is 1.85. The minimum atomic E-state index is -0.910. The standard InChI is InChI=1S/C18H19NO3/c20-17(21)11-16(19-18(22)13-6-3-7-13)15-9-8-12-4-1-2-5-14(12)10-15/h1-2,4-5,8-10,13,16H,3,6-7,11H2,(H,19,22)(H,20,21)/t16-/m0/s1. The van der Waals surface area contributed by atoms with Gasteiger partial charge >= 0.3 is 5.97 Å². The van der Waals surface area contributed by atoms with Crippen molar-refractivity contribution in [1.82, 2.24) is 5.32 Å². The van der Waals surface area contributed by atoms with Crippen molar-refractivity contribution in [1.29, 1.82) is 0 Å². The van der Waals surface area contributed by atoms with Gasteiger partial charge in [-0.3, -0.25) is 9.59 Å². The molecule has 0 unspecified atom stereocenters. The summed E-state index contributed by atoms with van der Waals surface area (Å²) in [5, 5.41) is 14.2. The number of carbonyl (C=O) groups is 2. The Kier molecular flexibility index (Phi) is 4.09. The fourth-order valence-electron chi connectivity index (χ4n) is 2.81. The summed E-state index contributed by atoms with van der Waals surface area (Å²) in [6.07, 6.45) is 2.79. The van der Waals surface area contributed by atoms with Gasteiger partial charge in [0.25, 0.3) is 0 Å². The van der Waals surface area contributed by atoms with E-state index >= 15 is 0 Å². The van der Waals surface area contributed by atoms with Gasteiger partial charge in [-0.2, -0.15) is 0 Å². The van der Waals surface area contributed by atoms with Gasteiger partial charge in [0.15, 0.2) is 0 Å². The highest BCUT2D eigenvalue weighted by Gasteiger charge is 2.28. The zero-order chi connectivity index (χ0) is 15.5. The van der Waals surface area contributed by atoms with Gasteiger partial charge in [-0.1, -0.05) is 42.8 Å². The Labute approximate surface area is 129 Å². The number of carboxylic acids is 1. The number of rotatable bonds is 5. The maximum Gasteiger partial charge on any atom is 0.305 e. The molecule has 0 bridgehead atoms. The van der Waals surface area contributed by atoms with E-state index in [9.17, 15) is 9.59 Å². The van der Waals surface area contributed by atoms with E-state index in [1.165, 1.54) is 0 Å². The Hall–Kier alpha value is -2.36. The summed E-state index contributed by atoms with van der Waals surface area (Å²) >= 11 is 0. The topological polar surface area (TPSA) is 66.4 Å². The summed E-state index contributed by atoms with van der Waals surface area (Å²) in [7, 11) is 0. The molecular formula is C18H19NO3. The molecule has 1 amide bonds. The van der Waals surface area contributed by atoms with Crippen molar-refractivity contribution in [2.45, 2.75) is 31.7 Å². The molecule has 1 fully saturated rings. The van der Waals surface area contributed by atoms with Crippen molar-refractivity contribution in [2.75, 3.05) is 0 Å². The molecule has 114 valence electrons. The van der Waals surface area contributed by atoms with Gasteiger partial charge in [-0.25, -0.2) is 0 Å². The summed E-state index contributed by atoms with van der Waals surface area (Å²) in [5.41, 5.74) is 0.841. The maximum atomic E-state index is 12.2. The second-order valence-electron chi connectivity index (χ2n) is 5.89. The average molecular weight is 297 g/mol. The molecule has 3 rings (SSSR count). The molecule has 0 heterocycles. The second kappa shape index (κ2) is 6.18. The molecular weight excluding hydrogens is 278 g/mol. The smallest absolute Gasteiger partial charge is 0.305 e. The summed E-state index contributed by atoms with van der Waals surface area (Å²) in [6, 6.07) is 13.3. The minimum Gasteiger partial charge on any atom is -0.481 e. The van der Waals surface area contributed by atoms with Crippen molar-refractivity contribution in [2.24, 2.45) is 5.92 Å². The highest BCUT2D eigenvalue weighted by atomic mass is 16.4. The number of nitrogens with one attached hydrogen (secondary N) is 1. The van der Waals surface area contributed by atoms with E-state index < -0.39 is 12.0 Å². The van der Waals surface area contributed by atoms with Crippen LogP contribution in [0.3, 0.4) is 0 Å². The minimum absolute atomic E-state index is 0.0225. The summed E-state index contributed by atoms with van der Waals surface area (Å²) < 4.78 is 0. The van der Waals surface area contributed by atoms with Gasteiger partial charge in [0.2, 0.25) is 5.91 Å². The molecule has 0 aliphatic heterocycles. The number of aliphatic carboxylic acids is 1. The van der Waals surface area contributed by atoms with Crippen LogP contribution in [0.5, 0.6) is 0 Å². The van der Waals surface area contributed by atoms with Crippen LogP contribution in [-0.2, 0) is 9.59 Å². The number of amides is 1. The highest BCUT2D eigenvalue weighted by molar-refractivity contribution is 5.84. The van der Waals surface area contributed by atoms with Crippen LogP contribution >= 0.6 is 0 Å². The normalized spacial score (nSPS) is 16.0. The number of benzene rings is 2. The van der Waals surface area contributed by atoms with Crippen LogP contribution < -0.4 is 5.32 Å². The van der Waals surface area contributed by atoms with E-state index in [-0.39, 0.29) is 18.2 Å². The van der Waals surface area contributed by atoms with Crippen LogP contribution in [0.1, 0.15) is 37.3 Å². The van der Waals surface area contributed by atoms with Crippen molar-refractivity contribution in [3.8, 4) is 0 Å². The number of hydrogen-bond acceptors (Lipinski definition) is 2. The first-order valence-electron chi connectivity index (χ1n) is 7.64. The van der Waals surface area contributed by atoms with Crippen molar-refractivity contribution >= 4 is 22.6 Å². The van der Waals surface area contributed by atoms with Gasteiger partial charge in [-0.05, 0) is 35.2 Å². The molecule has 2 N–H and O–H groups in total. The number of fused-ring (bicyclic) bond motifs is 1. The van der Waals surface area contributed by atoms with Gasteiger partial charge in [0.05, 0.1) is 12.5 Å². The SMILES string of the molecule is O=C(O)C[C@H](NC(=O)C1CCC1)c1ccc2ccccc2c1. The summed E-state index contributed by atoms with van der Waals surface area (Å²) in [4.78, 5) is 23.3. The number of hydrogen-bond donors (Lipinski definition) is 2. The van der Waals surface area contributed by atoms with Crippen molar-refractivity contribution in [3.05, 3.63) is 48.0 Å². The fraction of sp³-hybridized carbons (Fsp3) is 0.333. The monoisotopic (exact) mass is 297 g/mol. The van der Waals surface area contributed by atoms with Gasteiger partial charge in [-0.15, -0.1) is 0 Å². The number of carboxylic acid groups (broad SMARTS) is 1. The first kappa shape index (κ1) is 14.6. The van der Waals surface area contributed by atoms with Crippen LogP contribution in [-0.4, -0.2) is 17.0 Å². The predicted molar refractivity (Wildman–Crippen MR) is 84.4 cm³/mol. The lowest BCUT2D eigenvalue weighted by atomic mass is 9.84. The molecule has 0 saturated heterocycles. The van der Waals surface area contributed by atoms with Crippen LogP contribution in [0.15, 0.2) is 42.5 Å². The van der Waals surface area contributed by atoms with Crippen LogP contribution in [0, 0.1) is 5.92 Å². The molecule has 0 spiro atoms. The van der Waals surface area contributed by atoms with Crippen molar-refractivity contribution in [3.63, 3.8) is 0 Å². The second-order valence-corrected chi connectivity index (χ2v) is 5.89. The molecule has 2 aromatic rings. The van der Waals surface area contributed by atoms with E-state index in [1.807, 2.05) is 42.5 Å². The molecule has 22 heavy (non-hydrogen) atoms. The largest absolute Gasteiger partial charge is 0.481 e. The lowest BCUT2D eigenvalue weighted by Gasteiger charge is -2.27. The lowest BCUT2D eigenvalue weighted by molar-refractivity contribution is -0.138. The zero-order valence-electron chi connectivity index (χ0n) is 12.3. The molecule has 1 saturated carbocycles. The number of carbonyl (C=O) groups excluding carboxylic acids is 1. The van der Waals surface area contributed by atoms with Crippen LogP contribution in [0.4, 0.5) is 0 Å². The molecule has 1 aliphatic carbocycles.